The molecule has 0 aliphatic heterocycles. The fourth-order valence-electron chi connectivity index (χ4n) is 1.67. The molecule has 0 atom stereocenters. The number of nitrogens with one attached hydrogen (secondary N) is 1. The number of halogens is 1. The van der Waals surface area contributed by atoms with Crippen LogP contribution in [-0.4, -0.2) is 26.5 Å². The summed E-state index contributed by atoms with van der Waals surface area (Å²) in [5, 5.41) is 2.72. The van der Waals surface area contributed by atoms with Crippen LogP contribution < -0.4 is 5.32 Å². The Hall–Kier alpha value is -1.77. The molecule has 0 saturated heterocycles. The van der Waals surface area contributed by atoms with Crippen LogP contribution in [0.5, 0.6) is 0 Å². The van der Waals surface area contributed by atoms with Gasteiger partial charge in [-0.15, -0.1) is 4.40 Å². The van der Waals surface area contributed by atoms with Crippen molar-refractivity contribution in [3.8, 4) is 0 Å². The first kappa shape index (κ1) is 17.6. The monoisotopic (exact) mass is 412 g/mol. The molecule has 120 valence electrons. The SMILES string of the molecule is COC(=S)N/C(=N\S(=O)(=O)c1ccc(Br)cc1)c1ccccc1. The Balaban J connectivity index is 2.47. The molecule has 2 rings (SSSR count). The molecule has 0 aliphatic rings. The Labute approximate surface area is 148 Å². The first-order chi connectivity index (χ1) is 10.9. The van der Waals surface area contributed by atoms with Crippen LogP contribution >= 0.6 is 28.1 Å². The second-order valence-electron chi connectivity index (χ2n) is 4.35. The molecule has 0 aromatic heterocycles. The molecule has 0 fully saturated rings. The number of sulfonamides is 1. The molecule has 0 bridgehead atoms. The quantitative estimate of drug-likeness (QED) is 0.476. The van der Waals surface area contributed by atoms with E-state index in [0.717, 1.165) is 4.47 Å². The van der Waals surface area contributed by atoms with Gasteiger partial charge in [0.2, 0.25) is 0 Å². The van der Waals surface area contributed by atoms with Gasteiger partial charge in [0.1, 0.15) is 0 Å². The maximum absolute atomic E-state index is 12.5. The van der Waals surface area contributed by atoms with Gasteiger partial charge in [0.25, 0.3) is 15.2 Å². The number of nitrogens with zero attached hydrogens (tertiary/aromatic N) is 1. The molecule has 23 heavy (non-hydrogen) atoms. The van der Waals surface area contributed by atoms with Gasteiger partial charge in [-0.05, 0) is 36.5 Å². The lowest BCUT2D eigenvalue weighted by Gasteiger charge is -2.10. The largest absolute Gasteiger partial charge is 0.474 e. The van der Waals surface area contributed by atoms with E-state index in [0.29, 0.717) is 5.56 Å². The van der Waals surface area contributed by atoms with E-state index in [1.165, 1.54) is 19.2 Å². The molecule has 0 spiro atoms. The van der Waals surface area contributed by atoms with E-state index in [4.69, 9.17) is 17.0 Å². The van der Waals surface area contributed by atoms with Crippen LogP contribution in [-0.2, 0) is 14.8 Å². The van der Waals surface area contributed by atoms with Crippen LogP contribution in [0.15, 0.2) is 68.4 Å². The molecular weight excluding hydrogens is 400 g/mol. The Morgan fingerprint density at radius 1 is 1.13 bits per heavy atom. The van der Waals surface area contributed by atoms with Crippen LogP contribution in [0.4, 0.5) is 0 Å². The van der Waals surface area contributed by atoms with Crippen molar-refractivity contribution in [3.05, 3.63) is 64.6 Å². The smallest absolute Gasteiger partial charge is 0.284 e. The third-order valence-electron chi connectivity index (χ3n) is 2.78. The molecule has 2 aromatic rings. The zero-order chi connectivity index (χ0) is 16.9. The van der Waals surface area contributed by atoms with Crippen molar-refractivity contribution in [2.24, 2.45) is 4.40 Å². The molecule has 0 heterocycles. The fourth-order valence-corrected chi connectivity index (χ4v) is 3.01. The number of hydrogen-bond donors (Lipinski definition) is 1. The van der Waals surface area contributed by atoms with Crippen molar-refractivity contribution in [1.82, 2.24) is 5.32 Å². The third-order valence-corrected chi connectivity index (χ3v) is 4.86. The topological polar surface area (TPSA) is 67.8 Å². The van der Waals surface area contributed by atoms with Gasteiger partial charge < -0.3 is 10.1 Å². The van der Waals surface area contributed by atoms with E-state index in [2.05, 4.69) is 25.6 Å². The predicted molar refractivity (Wildman–Crippen MR) is 97.0 cm³/mol. The highest BCUT2D eigenvalue weighted by Crippen LogP contribution is 2.17. The summed E-state index contributed by atoms with van der Waals surface area (Å²) in [5.74, 6) is 0.0976. The van der Waals surface area contributed by atoms with Crippen LogP contribution in [0.25, 0.3) is 0 Å². The second kappa shape index (κ2) is 7.67. The average molecular weight is 413 g/mol. The highest BCUT2D eigenvalue weighted by atomic mass is 79.9. The van der Waals surface area contributed by atoms with Crippen LogP contribution in [0.1, 0.15) is 5.56 Å². The van der Waals surface area contributed by atoms with Gasteiger partial charge in [0, 0.05) is 10.0 Å². The molecular formula is C15H13BrN2O3S2. The number of benzene rings is 2. The van der Waals surface area contributed by atoms with Crippen molar-refractivity contribution >= 4 is 49.2 Å². The number of ether oxygens (including phenoxy) is 1. The zero-order valence-corrected chi connectivity index (χ0v) is 15.3. The molecule has 5 nitrogen and oxygen atoms in total. The summed E-state index contributed by atoms with van der Waals surface area (Å²) >= 11 is 8.20. The van der Waals surface area contributed by atoms with Crippen molar-refractivity contribution in [1.29, 1.82) is 0 Å². The van der Waals surface area contributed by atoms with Gasteiger partial charge in [-0.2, -0.15) is 8.42 Å². The first-order valence-electron chi connectivity index (χ1n) is 6.43. The Morgan fingerprint density at radius 3 is 2.30 bits per heavy atom. The summed E-state index contributed by atoms with van der Waals surface area (Å²) in [5.41, 5.74) is 0.576. The average Bonchev–Trinajstić information content (AvgIpc) is 2.55. The van der Waals surface area contributed by atoms with Crippen molar-refractivity contribution < 1.29 is 13.2 Å². The minimum Gasteiger partial charge on any atom is -0.474 e. The molecule has 1 N–H and O–H groups in total. The molecule has 0 amide bonds. The Kier molecular flexibility index (Phi) is 5.86. The van der Waals surface area contributed by atoms with E-state index < -0.39 is 10.0 Å². The molecule has 0 unspecified atom stereocenters. The number of thiocarbonyl (C=S) groups is 1. The summed E-state index contributed by atoms with van der Waals surface area (Å²) < 4.78 is 34.5. The Bertz CT molecular complexity index is 820. The summed E-state index contributed by atoms with van der Waals surface area (Å²) in [4.78, 5) is 0.0827. The van der Waals surface area contributed by atoms with E-state index >= 15 is 0 Å². The van der Waals surface area contributed by atoms with Crippen LogP contribution in [0, 0.1) is 0 Å². The molecule has 0 saturated carbocycles. The Morgan fingerprint density at radius 2 is 1.74 bits per heavy atom. The maximum atomic E-state index is 12.5. The number of amidine groups is 1. The van der Waals surface area contributed by atoms with Crippen molar-refractivity contribution in [2.75, 3.05) is 7.11 Å². The van der Waals surface area contributed by atoms with E-state index in [1.54, 1.807) is 36.4 Å². The van der Waals surface area contributed by atoms with Crippen molar-refractivity contribution in [3.63, 3.8) is 0 Å². The summed E-state index contributed by atoms with van der Waals surface area (Å²) in [6.07, 6.45) is 0. The normalized spacial score (nSPS) is 11.8. The lowest BCUT2D eigenvalue weighted by atomic mass is 10.2. The number of rotatable bonds is 3. The molecule has 8 heteroatoms. The summed E-state index contributed by atoms with van der Waals surface area (Å²) in [7, 11) is -2.50. The fraction of sp³-hybridized carbons (Fsp3) is 0.0667. The van der Waals surface area contributed by atoms with Crippen LogP contribution in [0.3, 0.4) is 0 Å². The van der Waals surface area contributed by atoms with E-state index in [9.17, 15) is 8.42 Å². The van der Waals surface area contributed by atoms with Gasteiger partial charge >= 0.3 is 0 Å². The summed E-state index contributed by atoms with van der Waals surface area (Å²) in [6.45, 7) is 0. The first-order valence-corrected chi connectivity index (χ1v) is 9.07. The maximum Gasteiger partial charge on any atom is 0.284 e. The highest BCUT2D eigenvalue weighted by molar-refractivity contribution is 9.10. The minimum atomic E-state index is -3.89. The molecule has 0 aliphatic carbocycles. The van der Waals surface area contributed by atoms with Gasteiger partial charge in [0.15, 0.2) is 5.84 Å². The molecule has 0 radical (unpaired) electrons. The lowest BCUT2D eigenvalue weighted by Crippen LogP contribution is -2.31. The van der Waals surface area contributed by atoms with Gasteiger partial charge in [0.05, 0.1) is 12.0 Å². The van der Waals surface area contributed by atoms with E-state index in [1.807, 2.05) is 6.07 Å². The summed E-state index contributed by atoms with van der Waals surface area (Å²) in [6, 6.07) is 15.0. The number of hydrogen-bond acceptors (Lipinski definition) is 4. The van der Waals surface area contributed by atoms with Crippen LogP contribution in [0.2, 0.25) is 0 Å². The van der Waals surface area contributed by atoms with E-state index in [-0.39, 0.29) is 15.9 Å². The number of methoxy groups -OCH3 is 1. The van der Waals surface area contributed by atoms with Gasteiger partial charge in [-0.3, -0.25) is 0 Å². The third kappa shape index (κ3) is 4.85. The molecule has 2 aromatic carbocycles. The van der Waals surface area contributed by atoms with Crippen molar-refractivity contribution in [2.45, 2.75) is 4.90 Å². The second-order valence-corrected chi connectivity index (χ2v) is 7.24. The predicted octanol–water partition coefficient (Wildman–Crippen LogP) is 3.11. The zero-order valence-electron chi connectivity index (χ0n) is 12.1. The highest BCUT2D eigenvalue weighted by Gasteiger charge is 2.16. The standard InChI is InChI=1S/C15H13BrN2O3S2/c1-21-15(22)17-14(11-5-3-2-4-6-11)18-23(19,20)13-9-7-12(16)8-10-13/h2-10H,1H3,(H,17,18,22). The minimum absolute atomic E-state index is 0.0265. The van der Waals surface area contributed by atoms with Gasteiger partial charge in [-0.1, -0.05) is 46.3 Å². The lowest BCUT2D eigenvalue weighted by molar-refractivity contribution is 0.402. The van der Waals surface area contributed by atoms with Gasteiger partial charge in [-0.25, -0.2) is 0 Å².